The molecule has 0 unspecified atom stereocenters. The lowest BCUT2D eigenvalue weighted by atomic mass is 10.2. The van der Waals surface area contributed by atoms with E-state index < -0.39 is 32.6 Å². The molecule has 0 aliphatic carbocycles. The summed E-state index contributed by atoms with van der Waals surface area (Å²) in [5.41, 5.74) is 6.59. The van der Waals surface area contributed by atoms with Crippen LogP contribution in [-0.4, -0.2) is 82.2 Å². The second-order valence-electron chi connectivity index (χ2n) is 9.10. The molecular weight excluding hydrogens is 656 g/mol. The first-order valence-electron chi connectivity index (χ1n) is 11.6. The fourth-order valence-electron chi connectivity index (χ4n) is 3.12. The average molecular weight is 682 g/mol. The molecule has 0 saturated heterocycles. The van der Waals surface area contributed by atoms with Crippen LogP contribution in [0.5, 0.6) is 5.75 Å². The number of sulfone groups is 1. The quantitative estimate of drug-likeness (QED) is 0.0361. The predicted octanol–water partition coefficient (Wildman–Crippen LogP) is 3.49. The molecule has 0 amide bonds. The monoisotopic (exact) mass is 681 g/mol. The minimum atomic E-state index is -4.82. The highest BCUT2D eigenvalue weighted by molar-refractivity contribution is 7.94. The first-order chi connectivity index (χ1) is 20.0. The Kier molecular flexibility index (Phi) is 11.2. The third-order valence-corrected chi connectivity index (χ3v) is 8.06. The number of aromatic nitrogens is 3. The highest BCUT2D eigenvalue weighted by Gasteiger charge is 2.21. The van der Waals surface area contributed by atoms with Crippen LogP contribution in [0, 0.1) is 0 Å². The van der Waals surface area contributed by atoms with Crippen molar-refractivity contribution in [1.29, 1.82) is 0 Å². The van der Waals surface area contributed by atoms with Crippen LogP contribution in [0.4, 0.5) is 34.6 Å². The Balaban J connectivity index is 2.05. The summed E-state index contributed by atoms with van der Waals surface area (Å²) in [6.45, 7) is -0.818. The molecule has 0 aliphatic rings. The van der Waals surface area contributed by atoms with Crippen molar-refractivity contribution in [2.45, 2.75) is 9.79 Å². The molecule has 0 bridgehead atoms. The molecule has 22 heteroatoms. The lowest BCUT2D eigenvalue weighted by molar-refractivity contribution is -0.432. The fourth-order valence-corrected chi connectivity index (χ4v) is 5.20. The largest absolute Gasteiger partial charge is 0.494 e. The van der Waals surface area contributed by atoms with Gasteiger partial charge in [-0.1, -0.05) is 5.04 Å². The molecule has 0 fully saturated rings. The van der Waals surface area contributed by atoms with Gasteiger partial charge in [0.25, 0.3) is 0 Å². The van der Waals surface area contributed by atoms with Crippen molar-refractivity contribution in [3.8, 4) is 5.75 Å². The second-order valence-corrected chi connectivity index (χ2v) is 13.4. The molecule has 0 spiro atoms. The van der Waals surface area contributed by atoms with E-state index in [4.69, 9.17) is 31.9 Å². The number of halogens is 1. The predicted molar refractivity (Wildman–Crippen MR) is 156 cm³/mol. The highest BCUT2D eigenvalue weighted by Crippen LogP contribution is 2.39. The van der Waals surface area contributed by atoms with Crippen molar-refractivity contribution in [2.24, 2.45) is 10.2 Å². The maximum atomic E-state index is 12.7. The summed E-state index contributed by atoms with van der Waals surface area (Å²) in [6.07, 6.45) is 0. The van der Waals surface area contributed by atoms with Crippen molar-refractivity contribution in [3.63, 3.8) is 0 Å². The molecular formula is C21H26ClN8O10S3+. The van der Waals surface area contributed by atoms with E-state index in [0.717, 1.165) is 6.07 Å². The molecule has 1 aromatic heterocycles. The number of hydrogen-bond acceptors (Lipinski definition) is 17. The molecule has 18 nitrogen and oxygen atoms in total. The van der Waals surface area contributed by atoms with Gasteiger partial charge in [0.1, 0.15) is 17.1 Å². The van der Waals surface area contributed by atoms with Crippen LogP contribution in [-0.2, 0) is 33.8 Å². The van der Waals surface area contributed by atoms with Gasteiger partial charge in [-0.3, -0.25) is 9.04 Å². The van der Waals surface area contributed by atoms with Crippen molar-refractivity contribution in [2.75, 3.05) is 51.7 Å². The van der Waals surface area contributed by atoms with E-state index in [0.29, 0.717) is 18.0 Å². The zero-order valence-corrected chi connectivity index (χ0v) is 26.0. The molecule has 3 rings (SSSR count). The molecule has 3 aromatic rings. The average Bonchev–Trinajstić information content (AvgIpc) is 2.90. The Morgan fingerprint density at radius 3 is 2.40 bits per heavy atom. The van der Waals surface area contributed by atoms with Crippen molar-refractivity contribution >= 4 is 78.5 Å². The first kappa shape index (κ1) is 34.2. The zero-order valence-electron chi connectivity index (χ0n) is 22.8. The molecule has 234 valence electrons. The zero-order chi connectivity index (χ0) is 32.0. The van der Waals surface area contributed by atoms with E-state index in [2.05, 4.69) is 44.1 Å². The highest BCUT2D eigenvalue weighted by atomic mass is 35.5. The molecule has 0 saturated carbocycles. The van der Waals surface area contributed by atoms with Crippen molar-refractivity contribution in [3.05, 3.63) is 35.6 Å². The molecule has 5 N–H and O–H groups in total. The van der Waals surface area contributed by atoms with Gasteiger partial charge in [-0.25, -0.2) is 17.9 Å². The van der Waals surface area contributed by atoms with Crippen LogP contribution in [0.25, 0.3) is 0 Å². The number of nitrogen functional groups attached to an aromatic ring is 1. The third kappa shape index (κ3) is 9.89. The van der Waals surface area contributed by atoms with Gasteiger partial charge in [0, 0.05) is 5.69 Å². The van der Waals surface area contributed by atoms with Gasteiger partial charge >= 0.3 is 16.3 Å². The third-order valence-electron chi connectivity index (χ3n) is 5.08. The summed E-state index contributed by atoms with van der Waals surface area (Å²) >= 11 is 6.67. The van der Waals surface area contributed by atoms with Crippen LogP contribution in [0.2, 0.25) is 5.28 Å². The number of nitrogens with two attached hydrogens (primary N) is 1. The lowest BCUT2D eigenvalue weighted by Gasteiger charge is -2.20. The number of ether oxygens (including phenoxy) is 1. The summed E-state index contributed by atoms with van der Waals surface area (Å²) < 4.78 is 69.8. The van der Waals surface area contributed by atoms with Gasteiger partial charge in [-0.05, 0) is 41.9 Å². The van der Waals surface area contributed by atoms with E-state index in [9.17, 15) is 16.8 Å². The molecule has 0 atom stereocenters. The number of rotatable bonds is 14. The SMILES string of the molecule is COc1ccc(S(=O)(=O)CCOS(=O)(=O)O)cc1N=Nc1cc(SOOO)c(N)cc1Nc1nc(Cl)nc([N+](C)(C)C)n1. The van der Waals surface area contributed by atoms with E-state index in [1.807, 2.05) is 21.1 Å². The number of methoxy groups -OCH3 is 1. The first-order valence-corrected chi connectivity index (χ1v) is 15.7. The number of anilines is 3. The normalized spacial score (nSPS) is 12.5. The molecule has 43 heavy (non-hydrogen) atoms. The van der Waals surface area contributed by atoms with E-state index >= 15 is 0 Å². The summed E-state index contributed by atoms with van der Waals surface area (Å²) in [6, 6.07) is 6.53. The van der Waals surface area contributed by atoms with Gasteiger partial charge in [0.05, 0.1) is 68.1 Å². The number of nitrogens with one attached hydrogen (secondary N) is 1. The summed E-state index contributed by atoms with van der Waals surface area (Å²) in [5, 5.41) is 23.4. The van der Waals surface area contributed by atoms with Gasteiger partial charge in [-0.15, -0.1) is 24.5 Å². The van der Waals surface area contributed by atoms with Crippen LogP contribution < -0.4 is 20.3 Å². The van der Waals surface area contributed by atoms with Crippen LogP contribution in [0.15, 0.2) is 50.4 Å². The number of quaternary nitrogens is 1. The van der Waals surface area contributed by atoms with Gasteiger partial charge in [0.15, 0.2) is 9.84 Å². The topological polar surface area (TPSA) is 247 Å². The Bertz CT molecular complexity index is 1720. The number of hydrogen-bond donors (Lipinski definition) is 4. The molecule has 2 aromatic carbocycles. The van der Waals surface area contributed by atoms with Gasteiger partial charge in [-0.2, -0.15) is 13.4 Å². The van der Waals surface area contributed by atoms with E-state index in [1.165, 1.54) is 31.4 Å². The molecule has 1 heterocycles. The molecule has 0 radical (unpaired) electrons. The standard InChI is InChI=1S/C21H25ClN8O10S3/c1-30(2,3)21-26-19(22)25-20(27-21)24-14-10-13(23)18(41-40-39-31)11-15(14)28-29-16-9-12(5-6-17(16)37-4)42(32,33)8-7-38-43(34,35)36/h5-6,9-11H,7-8,23H2,1-4H3,(H2-,24,25,26,27,31,34,35,36)/p+1. The Labute approximate surface area is 255 Å². The maximum Gasteiger partial charge on any atom is 0.397 e. The van der Waals surface area contributed by atoms with Gasteiger partial charge in [0.2, 0.25) is 11.2 Å². The minimum Gasteiger partial charge on any atom is -0.494 e. The number of nitrogens with zero attached hydrogens (tertiary/aromatic N) is 6. The minimum absolute atomic E-state index is 0.0262. The van der Waals surface area contributed by atoms with Crippen molar-refractivity contribution < 1.29 is 44.9 Å². The van der Waals surface area contributed by atoms with Crippen molar-refractivity contribution in [1.82, 2.24) is 19.4 Å². The number of azo groups is 1. The van der Waals surface area contributed by atoms with E-state index in [1.54, 1.807) is 0 Å². The Hall–Kier alpha value is -3.25. The smallest absolute Gasteiger partial charge is 0.397 e. The van der Waals surface area contributed by atoms with Crippen LogP contribution in [0.3, 0.4) is 0 Å². The summed E-state index contributed by atoms with van der Waals surface area (Å²) in [7, 11) is -2.11. The van der Waals surface area contributed by atoms with Crippen LogP contribution >= 0.6 is 23.6 Å². The summed E-state index contributed by atoms with van der Waals surface area (Å²) in [5.74, 6) is -0.236. The maximum absolute atomic E-state index is 12.7. The Morgan fingerprint density at radius 2 is 1.77 bits per heavy atom. The van der Waals surface area contributed by atoms with E-state index in [-0.39, 0.29) is 54.0 Å². The second kappa shape index (κ2) is 14.0. The van der Waals surface area contributed by atoms with Gasteiger partial charge < -0.3 is 15.8 Å². The van der Waals surface area contributed by atoms with Crippen LogP contribution in [0.1, 0.15) is 0 Å². The number of benzene rings is 2. The molecule has 0 aliphatic heterocycles. The summed E-state index contributed by atoms with van der Waals surface area (Å²) in [4.78, 5) is 12.6. The Morgan fingerprint density at radius 1 is 1.07 bits per heavy atom. The fraction of sp³-hybridized carbons (Fsp3) is 0.286. The lowest BCUT2D eigenvalue weighted by Crippen LogP contribution is -2.37.